The van der Waals surface area contributed by atoms with Gasteiger partial charge in [-0.3, -0.25) is 9.89 Å². The van der Waals surface area contributed by atoms with Crippen molar-refractivity contribution in [1.82, 2.24) is 15.5 Å². The quantitative estimate of drug-likeness (QED) is 0.813. The van der Waals surface area contributed by atoms with Crippen molar-refractivity contribution in [2.45, 2.75) is 10.6 Å². The van der Waals surface area contributed by atoms with Gasteiger partial charge < -0.3 is 5.32 Å². The molecule has 88 valence electrons. The summed E-state index contributed by atoms with van der Waals surface area (Å²) < 4.78 is 0. The van der Waals surface area contributed by atoms with Crippen LogP contribution in [0.1, 0.15) is 16.1 Å². The highest BCUT2D eigenvalue weighted by atomic mass is 32.2. The number of hydrogen-bond acceptors (Lipinski definition) is 3. The van der Waals surface area contributed by atoms with E-state index in [1.54, 1.807) is 25.0 Å². The number of carbonyl (C=O) groups excluding carboxylic acids is 1. The molecule has 0 spiro atoms. The van der Waals surface area contributed by atoms with Crippen LogP contribution in [0.5, 0.6) is 0 Å². The number of benzene rings is 1. The van der Waals surface area contributed by atoms with Crippen molar-refractivity contribution in [3.05, 3.63) is 47.8 Å². The van der Waals surface area contributed by atoms with E-state index in [1.165, 1.54) is 5.56 Å². The van der Waals surface area contributed by atoms with E-state index in [0.29, 0.717) is 5.69 Å². The first-order chi connectivity index (χ1) is 8.31. The van der Waals surface area contributed by atoms with Crippen molar-refractivity contribution in [3.8, 4) is 0 Å². The lowest BCUT2D eigenvalue weighted by Crippen LogP contribution is -2.18. The molecule has 2 N–H and O–H groups in total. The van der Waals surface area contributed by atoms with Crippen LogP contribution in [0.4, 0.5) is 0 Å². The molecule has 17 heavy (non-hydrogen) atoms. The molecular formula is C12H13N3OS. The molecule has 0 aliphatic carbocycles. The molecule has 4 nitrogen and oxygen atoms in total. The highest BCUT2D eigenvalue weighted by Gasteiger charge is 2.12. The molecule has 1 amide bonds. The minimum Gasteiger partial charge on any atom is -0.354 e. The maximum atomic E-state index is 11.5. The van der Waals surface area contributed by atoms with Crippen LogP contribution in [0.15, 0.2) is 41.4 Å². The molecule has 5 heteroatoms. The molecule has 0 aliphatic rings. The third-order valence-electron chi connectivity index (χ3n) is 2.30. The average molecular weight is 247 g/mol. The van der Waals surface area contributed by atoms with E-state index >= 15 is 0 Å². The van der Waals surface area contributed by atoms with Gasteiger partial charge in [0.2, 0.25) is 0 Å². The first-order valence-electron chi connectivity index (χ1n) is 5.23. The fourth-order valence-corrected chi connectivity index (χ4v) is 2.33. The van der Waals surface area contributed by atoms with Gasteiger partial charge in [-0.05, 0) is 5.56 Å². The number of nitrogens with one attached hydrogen (secondary N) is 2. The van der Waals surface area contributed by atoms with Gasteiger partial charge in [-0.15, -0.1) is 11.8 Å². The Balaban J connectivity index is 2.05. The zero-order chi connectivity index (χ0) is 12.1. The average Bonchev–Trinajstić information content (AvgIpc) is 2.85. The number of rotatable bonds is 4. The lowest BCUT2D eigenvalue weighted by Gasteiger charge is -2.02. The molecule has 2 rings (SSSR count). The zero-order valence-electron chi connectivity index (χ0n) is 9.43. The Morgan fingerprint density at radius 3 is 2.88 bits per heavy atom. The second-order valence-electron chi connectivity index (χ2n) is 3.46. The predicted octanol–water partition coefficient (Wildman–Crippen LogP) is 2.06. The number of aromatic nitrogens is 2. The monoisotopic (exact) mass is 247 g/mol. The van der Waals surface area contributed by atoms with Gasteiger partial charge in [0.1, 0.15) is 5.69 Å². The molecule has 0 atom stereocenters. The second-order valence-corrected chi connectivity index (χ2v) is 4.48. The largest absolute Gasteiger partial charge is 0.354 e. The highest BCUT2D eigenvalue weighted by Crippen LogP contribution is 2.24. The summed E-state index contributed by atoms with van der Waals surface area (Å²) in [5, 5.41) is 9.19. The minimum atomic E-state index is -0.141. The van der Waals surface area contributed by atoms with Crippen molar-refractivity contribution in [3.63, 3.8) is 0 Å². The normalized spacial score (nSPS) is 10.2. The van der Waals surface area contributed by atoms with E-state index < -0.39 is 0 Å². The Morgan fingerprint density at radius 1 is 1.41 bits per heavy atom. The van der Waals surface area contributed by atoms with Crippen LogP contribution in [0.3, 0.4) is 0 Å². The summed E-state index contributed by atoms with van der Waals surface area (Å²) in [5.41, 5.74) is 1.75. The number of hydrogen-bond donors (Lipinski definition) is 2. The van der Waals surface area contributed by atoms with E-state index in [-0.39, 0.29) is 5.91 Å². The van der Waals surface area contributed by atoms with Gasteiger partial charge in [-0.2, -0.15) is 5.10 Å². The van der Waals surface area contributed by atoms with Crippen molar-refractivity contribution < 1.29 is 4.79 Å². The van der Waals surface area contributed by atoms with E-state index in [9.17, 15) is 4.79 Å². The minimum absolute atomic E-state index is 0.141. The van der Waals surface area contributed by atoms with Crippen LogP contribution in [-0.4, -0.2) is 23.2 Å². The standard InChI is InChI=1S/C12H13N3OS/c1-13-12(16)11-10(7-14-15-11)17-8-9-5-3-2-4-6-9/h2-7H,8H2,1H3,(H,13,16)(H,14,15). The SMILES string of the molecule is CNC(=O)c1[nH]ncc1SCc1ccccc1. The zero-order valence-corrected chi connectivity index (χ0v) is 10.3. The van der Waals surface area contributed by atoms with Crippen LogP contribution in [0, 0.1) is 0 Å². The summed E-state index contributed by atoms with van der Waals surface area (Å²) in [5.74, 6) is 0.683. The van der Waals surface area contributed by atoms with Gasteiger partial charge in [0.25, 0.3) is 5.91 Å². The second kappa shape index (κ2) is 5.54. The van der Waals surface area contributed by atoms with Crippen LogP contribution >= 0.6 is 11.8 Å². The van der Waals surface area contributed by atoms with Gasteiger partial charge in [0.05, 0.1) is 11.1 Å². The Hall–Kier alpha value is -1.75. The summed E-state index contributed by atoms with van der Waals surface area (Å²) in [6.07, 6.45) is 1.68. The topological polar surface area (TPSA) is 57.8 Å². The molecule has 1 aromatic carbocycles. The van der Waals surface area contributed by atoms with E-state index in [2.05, 4.69) is 27.6 Å². The molecule has 1 heterocycles. The molecule has 0 fully saturated rings. The lowest BCUT2D eigenvalue weighted by molar-refractivity contribution is 0.0955. The fourth-order valence-electron chi connectivity index (χ4n) is 1.41. The summed E-state index contributed by atoms with van der Waals surface area (Å²) in [6, 6.07) is 10.1. The summed E-state index contributed by atoms with van der Waals surface area (Å²) in [4.78, 5) is 12.4. The molecule has 1 aromatic heterocycles. The Morgan fingerprint density at radius 2 is 2.18 bits per heavy atom. The number of carbonyl (C=O) groups is 1. The first kappa shape index (κ1) is 11.7. The Kier molecular flexibility index (Phi) is 3.82. The molecule has 0 aliphatic heterocycles. The third kappa shape index (κ3) is 2.88. The van der Waals surface area contributed by atoms with Crippen LogP contribution < -0.4 is 5.32 Å². The predicted molar refractivity (Wildman–Crippen MR) is 68.0 cm³/mol. The van der Waals surface area contributed by atoms with E-state index in [4.69, 9.17) is 0 Å². The first-order valence-corrected chi connectivity index (χ1v) is 6.22. The van der Waals surface area contributed by atoms with Gasteiger partial charge in [0.15, 0.2) is 0 Å². The maximum absolute atomic E-state index is 11.5. The summed E-state index contributed by atoms with van der Waals surface area (Å²) >= 11 is 1.60. The number of nitrogens with zero attached hydrogens (tertiary/aromatic N) is 1. The van der Waals surface area contributed by atoms with E-state index in [1.807, 2.05) is 18.2 Å². The van der Waals surface area contributed by atoms with Crippen molar-refractivity contribution in [2.75, 3.05) is 7.05 Å². The van der Waals surface area contributed by atoms with Crippen molar-refractivity contribution in [1.29, 1.82) is 0 Å². The van der Waals surface area contributed by atoms with Gasteiger partial charge in [-0.1, -0.05) is 30.3 Å². The smallest absolute Gasteiger partial charge is 0.270 e. The Labute approximate surface area is 104 Å². The summed E-state index contributed by atoms with van der Waals surface area (Å²) in [7, 11) is 1.61. The van der Waals surface area contributed by atoms with E-state index in [0.717, 1.165) is 10.6 Å². The van der Waals surface area contributed by atoms with Gasteiger partial charge in [0, 0.05) is 12.8 Å². The van der Waals surface area contributed by atoms with Crippen molar-refractivity contribution in [2.24, 2.45) is 0 Å². The number of amides is 1. The number of thioether (sulfide) groups is 1. The molecular weight excluding hydrogens is 234 g/mol. The maximum Gasteiger partial charge on any atom is 0.270 e. The van der Waals surface area contributed by atoms with Gasteiger partial charge in [-0.25, -0.2) is 0 Å². The van der Waals surface area contributed by atoms with Crippen LogP contribution in [0.2, 0.25) is 0 Å². The number of aromatic amines is 1. The lowest BCUT2D eigenvalue weighted by atomic mass is 10.2. The molecule has 2 aromatic rings. The molecule has 0 saturated heterocycles. The number of H-pyrrole nitrogens is 1. The molecule has 0 unspecified atom stereocenters. The highest BCUT2D eigenvalue weighted by molar-refractivity contribution is 7.98. The third-order valence-corrected chi connectivity index (χ3v) is 3.39. The van der Waals surface area contributed by atoms with Crippen LogP contribution in [0.25, 0.3) is 0 Å². The molecule has 0 radical (unpaired) electrons. The fraction of sp³-hybridized carbons (Fsp3) is 0.167. The van der Waals surface area contributed by atoms with Crippen molar-refractivity contribution >= 4 is 17.7 Å². The van der Waals surface area contributed by atoms with Gasteiger partial charge >= 0.3 is 0 Å². The summed E-state index contributed by atoms with van der Waals surface area (Å²) in [6.45, 7) is 0. The van der Waals surface area contributed by atoms with Crippen LogP contribution in [-0.2, 0) is 5.75 Å². The molecule has 0 saturated carbocycles. The Bertz CT molecular complexity index is 495. The molecule has 0 bridgehead atoms.